The van der Waals surface area contributed by atoms with Gasteiger partial charge in [0.2, 0.25) is 5.95 Å². The quantitative estimate of drug-likeness (QED) is 0.0258. The van der Waals surface area contributed by atoms with Gasteiger partial charge in [-0.2, -0.15) is 9.97 Å². The number of halogens is 1. The number of benzene rings is 3. The molecule has 2 heterocycles. The predicted octanol–water partition coefficient (Wildman–Crippen LogP) is 7.68. The monoisotopic (exact) mass is 818 g/mol. The molecule has 0 spiro atoms. The number of rotatable bonds is 18. The third-order valence-electron chi connectivity index (χ3n) is 9.40. The minimum absolute atomic E-state index is 0.0239. The van der Waals surface area contributed by atoms with Gasteiger partial charge in [-0.3, -0.25) is 18.6 Å². The van der Waals surface area contributed by atoms with Crippen LogP contribution in [0.15, 0.2) is 109 Å². The highest BCUT2D eigenvalue weighted by Gasteiger charge is 2.41. The maximum absolute atomic E-state index is 13.9. The molecule has 4 atom stereocenters. The van der Waals surface area contributed by atoms with Gasteiger partial charge in [-0.25, -0.2) is 14.6 Å². The van der Waals surface area contributed by atoms with Crippen molar-refractivity contribution < 1.29 is 33.0 Å². The summed E-state index contributed by atoms with van der Waals surface area (Å²) >= 11 is 7.21. The molecule has 0 fully saturated rings. The molecule has 56 heavy (non-hydrogen) atoms. The Kier molecular flexibility index (Phi) is 13.1. The number of hydrogen-bond donors (Lipinski definition) is 3. The van der Waals surface area contributed by atoms with Crippen molar-refractivity contribution in [1.29, 1.82) is 0 Å². The highest BCUT2D eigenvalue weighted by Crippen LogP contribution is 2.46. The molecule has 1 aliphatic carbocycles. The van der Waals surface area contributed by atoms with Crippen LogP contribution in [-0.4, -0.2) is 67.3 Å². The van der Waals surface area contributed by atoms with E-state index in [1.807, 2.05) is 122 Å². The maximum atomic E-state index is 13.9. The molecule has 0 aliphatic heterocycles. The highest BCUT2D eigenvalue weighted by molar-refractivity contribution is 8.13. The average molecular weight is 819 g/mol. The molecule has 0 bridgehead atoms. The Morgan fingerprint density at radius 2 is 1.57 bits per heavy atom. The fraction of sp³-hybridized carbons (Fsp3) is 0.325. The molecule has 13 nitrogen and oxygen atoms in total. The minimum Gasteiger partial charge on any atom is -0.480 e. The van der Waals surface area contributed by atoms with Gasteiger partial charge in [0.1, 0.15) is 17.2 Å². The van der Waals surface area contributed by atoms with E-state index in [2.05, 4.69) is 20.0 Å². The SMILES string of the molecule is C[C@H](NP(=O)(OCCSC(=O)C(C)(C)COC(c1ccccc1)(c1ccccc1)c1ccccc1)OC[C@@H]1C=C[C@H](n2cnc3c(Cl)nc(N)nc32)C1)C(=O)O. The number of nitrogen functional groups attached to an aromatic ring is 1. The Balaban J connectivity index is 1.08. The summed E-state index contributed by atoms with van der Waals surface area (Å²) in [6, 6.07) is 28.4. The zero-order chi connectivity index (χ0) is 39.9. The van der Waals surface area contributed by atoms with Gasteiger partial charge in [0.05, 0.1) is 37.6 Å². The molecule has 1 aliphatic rings. The van der Waals surface area contributed by atoms with Crippen LogP contribution in [0.2, 0.25) is 5.15 Å². The highest BCUT2D eigenvalue weighted by atomic mass is 35.5. The summed E-state index contributed by atoms with van der Waals surface area (Å²) < 4.78 is 34.1. The first-order chi connectivity index (χ1) is 26.8. The van der Waals surface area contributed by atoms with Crippen LogP contribution in [-0.2, 0) is 33.5 Å². The summed E-state index contributed by atoms with van der Waals surface area (Å²) in [5.41, 5.74) is 7.53. The van der Waals surface area contributed by atoms with E-state index in [0.717, 1.165) is 28.5 Å². The van der Waals surface area contributed by atoms with Gasteiger partial charge in [-0.05, 0) is 43.9 Å². The summed E-state index contributed by atoms with van der Waals surface area (Å²) in [4.78, 5) is 38.0. The first kappa shape index (κ1) is 41.2. The lowest BCUT2D eigenvalue weighted by atomic mass is 9.79. The van der Waals surface area contributed by atoms with Crippen LogP contribution in [0.1, 0.15) is 49.9 Å². The molecule has 1 unspecified atom stereocenters. The number of carboxylic acids is 1. The first-order valence-electron chi connectivity index (χ1n) is 18.0. The van der Waals surface area contributed by atoms with Crippen LogP contribution >= 0.6 is 31.1 Å². The fourth-order valence-electron chi connectivity index (χ4n) is 6.42. The van der Waals surface area contributed by atoms with E-state index in [-0.39, 0.29) is 53.7 Å². The van der Waals surface area contributed by atoms with Gasteiger partial charge in [-0.15, -0.1) is 0 Å². The number of hydrogen-bond acceptors (Lipinski definition) is 11. The molecule has 5 aromatic rings. The number of anilines is 1. The average Bonchev–Trinajstić information content (AvgIpc) is 3.85. The Morgan fingerprint density at radius 1 is 0.982 bits per heavy atom. The third-order valence-corrected chi connectivity index (χ3v) is 12.6. The molecule has 0 saturated carbocycles. The predicted molar refractivity (Wildman–Crippen MR) is 217 cm³/mol. The molecule has 0 saturated heterocycles. The van der Waals surface area contributed by atoms with Crippen molar-refractivity contribution in [1.82, 2.24) is 24.6 Å². The molecular formula is C40H44ClN6O7PS. The van der Waals surface area contributed by atoms with Crippen LogP contribution in [0.25, 0.3) is 11.2 Å². The maximum Gasteiger partial charge on any atom is 0.406 e. The summed E-state index contributed by atoms with van der Waals surface area (Å²) in [5.74, 6) is -1.27. The number of carbonyl (C=O) groups excluding carboxylic acids is 1. The van der Waals surface area contributed by atoms with Crippen molar-refractivity contribution in [3.05, 3.63) is 131 Å². The lowest BCUT2D eigenvalue weighted by Gasteiger charge is -2.38. The topological polar surface area (TPSA) is 181 Å². The van der Waals surface area contributed by atoms with Crippen molar-refractivity contribution in [3.63, 3.8) is 0 Å². The molecule has 4 N–H and O–H groups in total. The number of fused-ring (bicyclic) bond motifs is 1. The summed E-state index contributed by atoms with van der Waals surface area (Å²) in [7, 11) is -4.14. The Hall–Kier alpha value is -4.40. The van der Waals surface area contributed by atoms with Gasteiger partial charge in [0, 0.05) is 11.7 Å². The third kappa shape index (κ3) is 9.41. The second-order valence-electron chi connectivity index (χ2n) is 14.0. The van der Waals surface area contributed by atoms with Gasteiger partial charge < -0.3 is 20.1 Å². The normalized spacial score (nSPS) is 17.5. The van der Waals surface area contributed by atoms with Gasteiger partial charge in [0.15, 0.2) is 15.9 Å². The molecule has 0 amide bonds. The largest absolute Gasteiger partial charge is 0.480 e. The second-order valence-corrected chi connectivity index (χ2v) is 17.2. The van der Waals surface area contributed by atoms with Crippen molar-refractivity contribution in [2.24, 2.45) is 11.3 Å². The fourth-order valence-corrected chi connectivity index (χ4v) is 9.10. The molecule has 2 aromatic heterocycles. The van der Waals surface area contributed by atoms with E-state index in [0.29, 0.717) is 17.6 Å². The van der Waals surface area contributed by atoms with E-state index in [9.17, 15) is 19.3 Å². The molecule has 16 heteroatoms. The number of aromatic nitrogens is 4. The van der Waals surface area contributed by atoms with Crippen LogP contribution in [0.5, 0.6) is 0 Å². The Bertz CT molecular complexity index is 2110. The smallest absolute Gasteiger partial charge is 0.406 e. The van der Waals surface area contributed by atoms with Gasteiger partial charge in [0.25, 0.3) is 0 Å². The molecule has 0 radical (unpaired) electrons. The number of nitrogens with one attached hydrogen (secondary N) is 1. The number of thioether (sulfide) groups is 1. The molecule has 294 valence electrons. The Labute approximate surface area is 334 Å². The van der Waals surface area contributed by atoms with Crippen LogP contribution in [0.4, 0.5) is 5.95 Å². The molecule has 6 rings (SSSR count). The van der Waals surface area contributed by atoms with Gasteiger partial charge in [-0.1, -0.05) is 127 Å². The van der Waals surface area contributed by atoms with Crippen molar-refractivity contribution in [3.8, 4) is 0 Å². The van der Waals surface area contributed by atoms with E-state index in [1.165, 1.54) is 6.92 Å². The number of nitrogens with two attached hydrogens (primary N) is 1. The van der Waals surface area contributed by atoms with Crippen molar-refractivity contribution >= 4 is 59.3 Å². The zero-order valence-corrected chi connectivity index (χ0v) is 33.6. The summed E-state index contributed by atoms with van der Waals surface area (Å²) in [5, 5.41) is 12.0. The van der Waals surface area contributed by atoms with Crippen molar-refractivity contribution in [2.45, 2.75) is 44.9 Å². The van der Waals surface area contributed by atoms with Crippen LogP contribution in [0.3, 0.4) is 0 Å². The zero-order valence-electron chi connectivity index (χ0n) is 31.2. The standard InChI is InChI=1S/C40H44ClN6O7PS/c1-27(36(48)49)46-55(51,54-24-28-19-20-32(23-28)47-26-43-33-34(41)44-38(42)45-35(33)47)53-21-22-56-37(50)39(2,3)25-52-40(29-13-7-4-8-14-29,30-15-9-5-10-16-30)31-17-11-6-12-18-31/h4-20,26-28,32H,21-25H2,1-3H3,(H,46,51)(H,48,49)(H2,42,44,45)/t27-,28+,32-,55?/m0/s1. The lowest BCUT2D eigenvalue weighted by Crippen LogP contribution is -2.38. The Morgan fingerprint density at radius 3 is 2.14 bits per heavy atom. The number of allylic oxidation sites excluding steroid dienone is 1. The molecular weight excluding hydrogens is 775 g/mol. The minimum atomic E-state index is -4.14. The van der Waals surface area contributed by atoms with E-state index in [1.54, 1.807) is 6.33 Å². The van der Waals surface area contributed by atoms with Crippen molar-refractivity contribution in [2.75, 3.05) is 31.3 Å². The van der Waals surface area contributed by atoms with Crippen LogP contribution in [0, 0.1) is 11.3 Å². The summed E-state index contributed by atoms with van der Waals surface area (Å²) in [6.07, 6.45) is 6.00. The molecule has 3 aromatic carbocycles. The summed E-state index contributed by atoms with van der Waals surface area (Å²) in [6.45, 7) is 4.89. The van der Waals surface area contributed by atoms with E-state index in [4.69, 9.17) is 31.1 Å². The van der Waals surface area contributed by atoms with E-state index >= 15 is 0 Å². The number of carbonyl (C=O) groups is 2. The number of imidazole rings is 1. The number of carboxylic acid groups (broad SMARTS) is 1. The lowest BCUT2D eigenvalue weighted by molar-refractivity contribution is -0.138. The van der Waals surface area contributed by atoms with Gasteiger partial charge >= 0.3 is 13.7 Å². The van der Waals surface area contributed by atoms with Crippen LogP contribution < -0.4 is 10.8 Å². The second kappa shape index (κ2) is 17.8. The number of aliphatic carboxylic acids is 1. The number of nitrogens with zero attached hydrogens (tertiary/aromatic N) is 4. The number of ether oxygens (including phenoxy) is 1. The van der Waals surface area contributed by atoms with E-state index < -0.39 is 30.8 Å². The first-order valence-corrected chi connectivity index (χ1v) is 20.9.